The van der Waals surface area contributed by atoms with Gasteiger partial charge in [0.25, 0.3) is 0 Å². The van der Waals surface area contributed by atoms with E-state index in [1.807, 2.05) is 0 Å². The first-order valence-electron chi connectivity index (χ1n) is 6.76. The first-order chi connectivity index (χ1) is 8.58. The number of methoxy groups -OCH3 is 1. The maximum atomic E-state index is 11.6. The Hall–Kier alpha value is -0.900. The van der Waals surface area contributed by atoms with Gasteiger partial charge in [0, 0.05) is 32.3 Å². The summed E-state index contributed by atoms with van der Waals surface area (Å²) >= 11 is 0. The molecule has 0 bridgehead atoms. The van der Waals surface area contributed by atoms with Crippen LogP contribution in [0.25, 0.3) is 0 Å². The number of fused-ring (bicyclic) bond motifs is 1. The minimum Gasteiger partial charge on any atom is -0.462 e. The quantitative estimate of drug-likeness (QED) is 0.724. The van der Waals surface area contributed by atoms with E-state index in [9.17, 15) is 9.59 Å². The van der Waals surface area contributed by atoms with E-state index in [0.29, 0.717) is 31.1 Å². The summed E-state index contributed by atoms with van der Waals surface area (Å²) in [5, 5.41) is 0. The van der Waals surface area contributed by atoms with Crippen LogP contribution in [0.2, 0.25) is 0 Å². The molecule has 3 atom stereocenters. The molecule has 0 aromatic rings. The molecular formula is C14H22O4. The van der Waals surface area contributed by atoms with Crippen LogP contribution in [0.4, 0.5) is 0 Å². The van der Waals surface area contributed by atoms with Crippen molar-refractivity contribution in [2.75, 3.05) is 13.7 Å². The SMILES string of the molecule is COC[C@@]12CCC(=O)C[C@H]1CCC[C@H]2OC(C)=O. The average Bonchev–Trinajstić information content (AvgIpc) is 2.31. The van der Waals surface area contributed by atoms with Crippen molar-refractivity contribution in [3.8, 4) is 0 Å². The second-order valence-corrected chi connectivity index (χ2v) is 5.63. The van der Waals surface area contributed by atoms with Gasteiger partial charge in [-0.1, -0.05) is 0 Å². The standard InChI is InChI=1S/C14H22O4/c1-10(15)18-13-5-3-4-11-8-12(16)6-7-14(11,13)9-17-2/h11,13H,3-9H2,1-2H3/t11-,13-,14+/m1/s1. The summed E-state index contributed by atoms with van der Waals surface area (Å²) in [5.41, 5.74) is -0.132. The van der Waals surface area contributed by atoms with Gasteiger partial charge < -0.3 is 9.47 Å². The molecule has 4 nitrogen and oxygen atoms in total. The molecule has 102 valence electrons. The Morgan fingerprint density at radius 3 is 2.89 bits per heavy atom. The molecule has 2 fully saturated rings. The van der Waals surface area contributed by atoms with E-state index in [1.165, 1.54) is 6.92 Å². The third-order valence-electron chi connectivity index (χ3n) is 4.54. The van der Waals surface area contributed by atoms with Crippen LogP contribution in [0, 0.1) is 11.3 Å². The fourth-order valence-corrected chi connectivity index (χ4v) is 3.74. The van der Waals surface area contributed by atoms with Gasteiger partial charge in [-0.25, -0.2) is 0 Å². The highest BCUT2D eigenvalue weighted by molar-refractivity contribution is 5.79. The van der Waals surface area contributed by atoms with Crippen LogP contribution < -0.4 is 0 Å². The van der Waals surface area contributed by atoms with E-state index in [-0.39, 0.29) is 17.5 Å². The molecule has 0 saturated heterocycles. The molecule has 0 aromatic carbocycles. The molecule has 2 aliphatic carbocycles. The lowest BCUT2D eigenvalue weighted by Gasteiger charge is -2.50. The predicted molar refractivity (Wildman–Crippen MR) is 66.1 cm³/mol. The third-order valence-corrected chi connectivity index (χ3v) is 4.54. The van der Waals surface area contributed by atoms with Gasteiger partial charge in [0.2, 0.25) is 0 Å². The number of Topliss-reactive ketones (excluding diaryl/α,β-unsaturated/α-hetero) is 1. The normalized spacial score (nSPS) is 36.0. The van der Waals surface area contributed by atoms with Crippen molar-refractivity contribution in [3.63, 3.8) is 0 Å². The summed E-state index contributed by atoms with van der Waals surface area (Å²) in [6.45, 7) is 2.04. The summed E-state index contributed by atoms with van der Waals surface area (Å²) in [6, 6.07) is 0. The lowest BCUT2D eigenvalue weighted by Crippen LogP contribution is -2.52. The molecule has 0 spiro atoms. The molecule has 2 saturated carbocycles. The Morgan fingerprint density at radius 2 is 2.22 bits per heavy atom. The van der Waals surface area contributed by atoms with E-state index in [4.69, 9.17) is 9.47 Å². The fraction of sp³-hybridized carbons (Fsp3) is 0.857. The first-order valence-corrected chi connectivity index (χ1v) is 6.76. The number of hydrogen-bond acceptors (Lipinski definition) is 4. The molecular weight excluding hydrogens is 232 g/mol. The van der Waals surface area contributed by atoms with E-state index in [1.54, 1.807) is 7.11 Å². The van der Waals surface area contributed by atoms with Crippen LogP contribution in [0.3, 0.4) is 0 Å². The first kappa shape index (κ1) is 13.5. The van der Waals surface area contributed by atoms with Gasteiger partial charge in [-0.15, -0.1) is 0 Å². The molecule has 2 rings (SSSR count). The Morgan fingerprint density at radius 1 is 1.44 bits per heavy atom. The van der Waals surface area contributed by atoms with Gasteiger partial charge in [0.05, 0.1) is 6.61 Å². The van der Waals surface area contributed by atoms with E-state index in [2.05, 4.69) is 0 Å². The Labute approximate surface area is 108 Å². The van der Waals surface area contributed by atoms with Crippen LogP contribution in [-0.4, -0.2) is 31.6 Å². The van der Waals surface area contributed by atoms with Crippen molar-refractivity contribution >= 4 is 11.8 Å². The highest BCUT2D eigenvalue weighted by Crippen LogP contribution is 2.50. The van der Waals surface area contributed by atoms with Crippen LogP contribution in [0.5, 0.6) is 0 Å². The molecule has 2 aliphatic rings. The Kier molecular flexibility index (Phi) is 4.05. The summed E-state index contributed by atoms with van der Waals surface area (Å²) in [5.74, 6) is 0.431. The molecule has 4 heteroatoms. The third kappa shape index (κ3) is 2.44. The molecule has 0 amide bonds. The van der Waals surface area contributed by atoms with Crippen molar-refractivity contribution < 1.29 is 19.1 Å². The molecule has 0 radical (unpaired) electrons. The minimum absolute atomic E-state index is 0.0817. The van der Waals surface area contributed by atoms with E-state index >= 15 is 0 Å². The largest absolute Gasteiger partial charge is 0.462 e. The van der Waals surface area contributed by atoms with Gasteiger partial charge in [0.1, 0.15) is 11.9 Å². The van der Waals surface area contributed by atoms with Gasteiger partial charge in [-0.3, -0.25) is 9.59 Å². The van der Waals surface area contributed by atoms with Gasteiger partial charge in [0.15, 0.2) is 0 Å². The predicted octanol–water partition coefficient (Wildman–Crippen LogP) is 2.10. The van der Waals surface area contributed by atoms with Gasteiger partial charge in [-0.2, -0.15) is 0 Å². The summed E-state index contributed by atoms with van der Waals surface area (Å²) in [4.78, 5) is 22.9. The van der Waals surface area contributed by atoms with Crippen molar-refractivity contribution in [2.24, 2.45) is 11.3 Å². The lowest BCUT2D eigenvalue weighted by molar-refractivity contribution is -0.173. The molecule has 0 aliphatic heterocycles. The number of ketones is 1. The second-order valence-electron chi connectivity index (χ2n) is 5.63. The van der Waals surface area contributed by atoms with E-state index in [0.717, 1.165) is 25.7 Å². The fourth-order valence-electron chi connectivity index (χ4n) is 3.74. The number of ether oxygens (including phenoxy) is 2. The average molecular weight is 254 g/mol. The van der Waals surface area contributed by atoms with Crippen LogP contribution >= 0.6 is 0 Å². The smallest absolute Gasteiger partial charge is 0.302 e. The molecule has 0 N–H and O–H groups in total. The zero-order valence-electron chi connectivity index (χ0n) is 11.2. The topological polar surface area (TPSA) is 52.6 Å². The minimum atomic E-state index is -0.229. The Bertz CT molecular complexity index is 339. The number of carbonyl (C=O) groups excluding carboxylic acids is 2. The zero-order chi connectivity index (χ0) is 13.2. The van der Waals surface area contributed by atoms with Crippen molar-refractivity contribution in [2.45, 2.75) is 51.6 Å². The number of rotatable bonds is 3. The molecule has 0 heterocycles. The van der Waals surface area contributed by atoms with Crippen molar-refractivity contribution in [1.29, 1.82) is 0 Å². The van der Waals surface area contributed by atoms with E-state index < -0.39 is 0 Å². The maximum Gasteiger partial charge on any atom is 0.302 e. The summed E-state index contributed by atoms with van der Waals surface area (Å²) in [7, 11) is 1.68. The summed E-state index contributed by atoms with van der Waals surface area (Å²) < 4.78 is 10.9. The van der Waals surface area contributed by atoms with Crippen LogP contribution in [-0.2, 0) is 19.1 Å². The Balaban J connectivity index is 2.23. The van der Waals surface area contributed by atoms with Crippen LogP contribution in [0.1, 0.15) is 45.4 Å². The zero-order valence-corrected chi connectivity index (χ0v) is 11.2. The maximum absolute atomic E-state index is 11.6. The summed E-state index contributed by atoms with van der Waals surface area (Å²) in [6.07, 6.45) is 4.91. The van der Waals surface area contributed by atoms with Crippen LogP contribution in [0.15, 0.2) is 0 Å². The molecule has 18 heavy (non-hydrogen) atoms. The number of carbonyl (C=O) groups is 2. The highest BCUT2D eigenvalue weighted by Gasteiger charge is 2.52. The molecule has 0 aromatic heterocycles. The van der Waals surface area contributed by atoms with Crippen molar-refractivity contribution in [1.82, 2.24) is 0 Å². The van der Waals surface area contributed by atoms with Gasteiger partial charge in [-0.05, 0) is 31.6 Å². The monoisotopic (exact) mass is 254 g/mol. The molecule has 0 unspecified atom stereocenters. The number of esters is 1. The lowest BCUT2D eigenvalue weighted by atomic mass is 9.58. The van der Waals surface area contributed by atoms with Gasteiger partial charge >= 0.3 is 5.97 Å². The number of hydrogen-bond donors (Lipinski definition) is 0. The van der Waals surface area contributed by atoms with Crippen molar-refractivity contribution in [3.05, 3.63) is 0 Å². The highest BCUT2D eigenvalue weighted by atomic mass is 16.5. The second kappa shape index (κ2) is 5.39.